The minimum absolute atomic E-state index is 0.303. The fourth-order valence-corrected chi connectivity index (χ4v) is 0.509. The molecule has 1 amide bonds. The average Bonchev–Trinajstić information content (AvgIpc) is 2.25. The molecule has 0 fully saturated rings. The van der Waals surface area contributed by atoms with E-state index in [0.717, 1.165) is 0 Å². The highest BCUT2D eigenvalue weighted by Crippen LogP contribution is 1.88. The van der Waals surface area contributed by atoms with E-state index in [0.29, 0.717) is 5.69 Å². The van der Waals surface area contributed by atoms with Crippen LogP contribution in [0.25, 0.3) is 0 Å². The van der Waals surface area contributed by atoms with Gasteiger partial charge in [-0.05, 0) is 12.1 Å². The van der Waals surface area contributed by atoms with Crippen molar-refractivity contribution in [2.24, 2.45) is 5.73 Å². The molecule has 0 aliphatic rings. The molecule has 1 aromatic heterocycles. The van der Waals surface area contributed by atoms with Crippen LogP contribution in [-0.4, -0.2) is 10.9 Å². The third-order valence-electron chi connectivity index (χ3n) is 0.917. The average molecular weight is 182 g/mol. The zero-order valence-electron chi connectivity index (χ0n) is 8.74. The molecular formula is C10H18N2O. The lowest BCUT2D eigenvalue weighted by atomic mass is 10.3. The highest BCUT2D eigenvalue weighted by molar-refractivity contribution is 5.90. The van der Waals surface area contributed by atoms with E-state index < -0.39 is 5.91 Å². The predicted molar refractivity (Wildman–Crippen MR) is 55.5 cm³/mol. The number of hydrogen-bond donors (Lipinski definition) is 1. The lowest BCUT2D eigenvalue weighted by Gasteiger charge is -1.88. The van der Waals surface area contributed by atoms with E-state index in [4.69, 9.17) is 5.73 Å². The Morgan fingerprint density at radius 1 is 1.23 bits per heavy atom. The summed E-state index contributed by atoms with van der Waals surface area (Å²) >= 11 is 0. The zero-order chi connectivity index (χ0) is 10.7. The zero-order valence-corrected chi connectivity index (χ0v) is 8.74. The van der Waals surface area contributed by atoms with Gasteiger partial charge in [0.2, 0.25) is 0 Å². The first-order valence-electron chi connectivity index (χ1n) is 4.51. The van der Waals surface area contributed by atoms with Gasteiger partial charge in [0, 0.05) is 6.20 Å². The van der Waals surface area contributed by atoms with Crippen LogP contribution in [0.3, 0.4) is 0 Å². The Hall–Kier alpha value is -1.38. The van der Waals surface area contributed by atoms with E-state index in [-0.39, 0.29) is 0 Å². The highest BCUT2D eigenvalue weighted by Gasteiger charge is 1.95. The molecule has 0 aromatic carbocycles. The van der Waals surface area contributed by atoms with Crippen molar-refractivity contribution in [3.8, 4) is 0 Å². The Morgan fingerprint density at radius 2 is 1.77 bits per heavy atom. The summed E-state index contributed by atoms with van der Waals surface area (Å²) in [6.45, 7) is 8.00. The van der Waals surface area contributed by atoms with Gasteiger partial charge >= 0.3 is 0 Å². The van der Waals surface area contributed by atoms with Crippen molar-refractivity contribution in [2.45, 2.75) is 27.7 Å². The first-order valence-corrected chi connectivity index (χ1v) is 4.51. The van der Waals surface area contributed by atoms with Gasteiger partial charge in [-0.2, -0.15) is 0 Å². The fraction of sp³-hybridized carbons (Fsp3) is 0.400. The molecule has 0 aliphatic carbocycles. The van der Waals surface area contributed by atoms with Gasteiger partial charge in [-0.15, -0.1) is 0 Å². The molecule has 3 nitrogen and oxygen atoms in total. The molecule has 2 N–H and O–H groups in total. The van der Waals surface area contributed by atoms with E-state index in [1.807, 2.05) is 27.7 Å². The molecule has 0 atom stereocenters. The molecule has 0 unspecified atom stereocenters. The first kappa shape index (κ1) is 14.2. The minimum atomic E-state index is -0.490. The van der Waals surface area contributed by atoms with E-state index >= 15 is 0 Å². The molecule has 13 heavy (non-hydrogen) atoms. The van der Waals surface area contributed by atoms with Crippen LogP contribution in [0.1, 0.15) is 38.2 Å². The SMILES string of the molecule is CC.CC.NC(=O)c1ccccn1. The number of carbonyl (C=O) groups is 1. The lowest BCUT2D eigenvalue weighted by Crippen LogP contribution is -2.12. The number of primary amides is 1. The van der Waals surface area contributed by atoms with Crippen LogP contribution >= 0.6 is 0 Å². The first-order chi connectivity index (χ1) is 6.30. The summed E-state index contributed by atoms with van der Waals surface area (Å²) in [6, 6.07) is 5.02. The molecule has 1 aromatic rings. The van der Waals surface area contributed by atoms with Gasteiger partial charge in [-0.25, -0.2) is 0 Å². The quantitative estimate of drug-likeness (QED) is 0.724. The largest absolute Gasteiger partial charge is 0.364 e. The summed E-state index contributed by atoms with van der Waals surface area (Å²) in [4.78, 5) is 14.1. The van der Waals surface area contributed by atoms with Crippen molar-refractivity contribution in [1.29, 1.82) is 0 Å². The van der Waals surface area contributed by atoms with Gasteiger partial charge in [0.15, 0.2) is 0 Å². The van der Waals surface area contributed by atoms with Crippen molar-refractivity contribution in [1.82, 2.24) is 4.98 Å². The maximum Gasteiger partial charge on any atom is 0.267 e. The standard InChI is InChI=1S/C6H6N2O.2C2H6/c7-6(9)5-3-1-2-4-8-5;2*1-2/h1-4H,(H2,7,9);2*1-2H3. The second kappa shape index (κ2) is 10.6. The smallest absolute Gasteiger partial charge is 0.267 e. The molecule has 0 saturated carbocycles. The van der Waals surface area contributed by atoms with Crippen LogP contribution in [0.15, 0.2) is 24.4 Å². The predicted octanol–water partition coefficient (Wildman–Crippen LogP) is 2.23. The molecule has 0 radical (unpaired) electrons. The van der Waals surface area contributed by atoms with Gasteiger partial charge in [0.25, 0.3) is 5.91 Å². The maximum atomic E-state index is 10.4. The summed E-state index contributed by atoms with van der Waals surface area (Å²) in [7, 11) is 0. The van der Waals surface area contributed by atoms with Crippen molar-refractivity contribution in [3.63, 3.8) is 0 Å². The van der Waals surface area contributed by atoms with Gasteiger partial charge in [-0.1, -0.05) is 33.8 Å². The number of rotatable bonds is 1. The van der Waals surface area contributed by atoms with Crippen LogP contribution in [0.5, 0.6) is 0 Å². The van der Waals surface area contributed by atoms with Crippen LogP contribution in [0.4, 0.5) is 0 Å². The summed E-state index contributed by atoms with van der Waals surface area (Å²) in [5.41, 5.74) is 5.22. The molecule has 1 heterocycles. The normalized spacial score (nSPS) is 7.08. The van der Waals surface area contributed by atoms with Crippen molar-refractivity contribution >= 4 is 5.91 Å². The van der Waals surface area contributed by atoms with Crippen molar-refractivity contribution in [2.75, 3.05) is 0 Å². The molecule has 1 rings (SSSR count). The van der Waals surface area contributed by atoms with Crippen LogP contribution in [-0.2, 0) is 0 Å². The lowest BCUT2D eigenvalue weighted by molar-refractivity contribution is 0.0995. The van der Waals surface area contributed by atoms with Gasteiger partial charge in [0.1, 0.15) is 5.69 Å². The van der Waals surface area contributed by atoms with Crippen molar-refractivity contribution < 1.29 is 4.79 Å². The molecule has 0 aliphatic heterocycles. The molecule has 0 saturated heterocycles. The number of nitrogens with two attached hydrogens (primary N) is 1. The van der Waals surface area contributed by atoms with E-state index in [2.05, 4.69) is 4.98 Å². The molecule has 0 spiro atoms. The number of hydrogen-bond acceptors (Lipinski definition) is 2. The Balaban J connectivity index is 0. The number of carbonyl (C=O) groups excluding carboxylic acids is 1. The second-order valence-electron chi connectivity index (χ2n) is 1.58. The number of amides is 1. The van der Waals surface area contributed by atoms with Gasteiger partial charge < -0.3 is 5.73 Å². The number of aromatic nitrogens is 1. The molecule has 74 valence electrons. The topological polar surface area (TPSA) is 56.0 Å². The van der Waals surface area contributed by atoms with E-state index in [1.54, 1.807) is 18.2 Å². The molecule has 0 bridgehead atoms. The number of pyridine rings is 1. The Kier molecular flexibility index (Phi) is 11.6. The summed E-state index contributed by atoms with van der Waals surface area (Å²) < 4.78 is 0. The minimum Gasteiger partial charge on any atom is -0.364 e. The van der Waals surface area contributed by atoms with Gasteiger partial charge in [0.05, 0.1) is 0 Å². The van der Waals surface area contributed by atoms with Gasteiger partial charge in [-0.3, -0.25) is 9.78 Å². The summed E-state index contributed by atoms with van der Waals surface area (Å²) in [5, 5.41) is 0. The summed E-state index contributed by atoms with van der Waals surface area (Å²) in [6.07, 6.45) is 1.53. The van der Waals surface area contributed by atoms with E-state index in [9.17, 15) is 4.79 Å². The Labute approximate surface area is 80.0 Å². The fourth-order valence-electron chi connectivity index (χ4n) is 0.509. The van der Waals surface area contributed by atoms with Crippen molar-refractivity contribution in [3.05, 3.63) is 30.1 Å². The maximum absolute atomic E-state index is 10.4. The highest BCUT2D eigenvalue weighted by atomic mass is 16.1. The molecular weight excluding hydrogens is 164 g/mol. The van der Waals surface area contributed by atoms with Crippen LogP contribution in [0.2, 0.25) is 0 Å². The summed E-state index contributed by atoms with van der Waals surface area (Å²) in [5.74, 6) is -0.490. The van der Waals surface area contributed by atoms with E-state index in [1.165, 1.54) is 6.20 Å². The second-order valence-corrected chi connectivity index (χ2v) is 1.58. The van der Waals surface area contributed by atoms with Crippen LogP contribution < -0.4 is 5.73 Å². The van der Waals surface area contributed by atoms with Crippen LogP contribution in [0, 0.1) is 0 Å². The monoisotopic (exact) mass is 182 g/mol. The Bertz CT molecular complexity index is 209. The molecule has 3 heteroatoms. The third kappa shape index (κ3) is 7.00. The number of nitrogens with zero attached hydrogens (tertiary/aromatic N) is 1. The third-order valence-corrected chi connectivity index (χ3v) is 0.917. The Morgan fingerprint density at radius 3 is 2.00 bits per heavy atom.